The molecule has 0 radical (unpaired) electrons. The van der Waals surface area contributed by atoms with Crippen LogP contribution in [0.2, 0.25) is 0 Å². The van der Waals surface area contributed by atoms with Crippen LogP contribution in [0.15, 0.2) is 24.3 Å². The molecule has 0 heterocycles. The predicted octanol–water partition coefficient (Wildman–Crippen LogP) is 4.64. The van der Waals surface area contributed by atoms with Gasteiger partial charge in [-0.2, -0.15) is 9.59 Å². The minimum atomic E-state index is 0.0491. The SMILES string of the molecule is CC.CCC1(c2ccc(C)cc2)CCCC(C)(NC(N)=S)CC1.O=C=O. The molecule has 5 heteroatoms. The lowest BCUT2D eigenvalue weighted by atomic mass is 9.72. The molecule has 1 aromatic rings. The van der Waals surface area contributed by atoms with Gasteiger partial charge in [-0.05, 0) is 69.1 Å². The van der Waals surface area contributed by atoms with E-state index in [1.54, 1.807) is 0 Å². The van der Waals surface area contributed by atoms with Crippen molar-refractivity contribution in [1.29, 1.82) is 0 Å². The molecule has 2 atom stereocenters. The average Bonchev–Trinajstić information content (AvgIpc) is 2.77. The number of rotatable bonds is 3. The van der Waals surface area contributed by atoms with E-state index < -0.39 is 0 Å². The summed E-state index contributed by atoms with van der Waals surface area (Å²) in [4.78, 5) is 16.2. The van der Waals surface area contributed by atoms with Crippen LogP contribution in [0.1, 0.15) is 77.3 Å². The van der Waals surface area contributed by atoms with Crippen LogP contribution in [0.25, 0.3) is 0 Å². The molecule has 1 aliphatic carbocycles. The van der Waals surface area contributed by atoms with Crippen molar-refractivity contribution < 1.29 is 9.59 Å². The van der Waals surface area contributed by atoms with E-state index in [2.05, 4.69) is 50.4 Å². The number of hydrogen-bond donors (Lipinski definition) is 2. The van der Waals surface area contributed by atoms with Crippen molar-refractivity contribution in [3.8, 4) is 0 Å². The number of carbonyl (C=O) groups excluding carboxylic acids is 2. The van der Waals surface area contributed by atoms with Gasteiger partial charge in [-0.25, -0.2) is 0 Å². The zero-order chi connectivity index (χ0) is 20.2. The minimum absolute atomic E-state index is 0.0491. The summed E-state index contributed by atoms with van der Waals surface area (Å²) in [6, 6.07) is 9.12. The highest BCUT2D eigenvalue weighted by molar-refractivity contribution is 7.80. The first kappa shape index (κ1) is 24.3. The maximum atomic E-state index is 8.12. The molecule has 0 bridgehead atoms. The van der Waals surface area contributed by atoms with Crippen molar-refractivity contribution in [2.45, 2.75) is 84.1 Å². The highest BCUT2D eigenvalue weighted by atomic mass is 32.1. The normalized spacial score (nSPS) is 24.5. The fraction of sp³-hybridized carbons (Fsp3) is 0.619. The lowest BCUT2D eigenvalue weighted by Gasteiger charge is -2.34. The van der Waals surface area contributed by atoms with Crippen molar-refractivity contribution in [2.75, 3.05) is 0 Å². The summed E-state index contributed by atoms with van der Waals surface area (Å²) < 4.78 is 0. The second-order valence-corrected chi connectivity index (χ2v) is 7.43. The summed E-state index contributed by atoms with van der Waals surface area (Å²) >= 11 is 5.05. The average molecular weight is 379 g/mol. The Bertz CT molecular complexity index is 582. The lowest BCUT2D eigenvalue weighted by molar-refractivity contribution is -0.191. The van der Waals surface area contributed by atoms with Crippen LogP contribution in [-0.2, 0) is 15.0 Å². The zero-order valence-electron chi connectivity index (χ0n) is 16.9. The van der Waals surface area contributed by atoms with Gasteiger partial charge >= 0.3 is 6.15 Å². The zero-order valence-corrected chi connectivity index (χ0v) is 17.7. The Morgan fingerprint density at radius 1 is 1.15 bits per heavy atom. The third-order valence-corrected chi connectivity index (χ3v) is 5.41. The van der Waals surface area contributed by atoms with Gasteiger partial charge < -0.3 is 11.1 Å². The van der Waals surface area contributed by atoms with Crippen molar-refractivity contribution in [2.24, 2.45) is 5.73 Å². The molecule has 2 rings (SSSR count). The van der Waals surface area contributed by atoms with Crippen molar-refractivity contribution in [3.63, 3.8) is 0 Å². The van der Waals surface area contributed by atoms with Gasteiger partial charge in [-0.1, -0.05) is 57.0 Å². The van der Waals surface area contributed by atoms with Crippen molar-refractivity contribution in [1.82, 2.24) is 5.32 Å². The van der Waals surface area contributed by atoms with Crippen LogP contribution >= 0.6 is 12.2 Å². The molecule has 0 aliphatic heterocycles. The number of aryl methyl sites for hydroxylation is 1. The molecule has 1 aliphatic rings. The van der Waals surface area contributed by atoms with E-state index in [-0.39, 0.29) is 11.7 Å². The molecular weight excluding hydrogens is 344 g/mol. The standard InChI is InChI=1S/C18H28N2S.C2H6.CO2/c1-4-18(15-8-6-14(2)7-9-15)11-5-10-17(3,12-13-18)20-16(19)21;1-2;2-1-3/h6-9H,4-5,10-13H2,1-3H3,(H3,19,20,21);1-2H3;. The maximum absolute atomic E-state index is 8.12. The van der Waals surface area contributed by atoms with Crippen molar-refractivity contribution >= 4 is 23.5 Å². The monoisotopic (exact) mass is 378 g/mol. The van der Waals surface area contributed by atoms with Gasteiger partial charge in [-0.3, -0.25) is 0 Å². The smallest absolute Gasteiger partial charge is 0.373 e. The first-order valence-electron chi connectivity index (χ1n) is 9.45. The molecule has 1 aromatic carbocycles. The highest BCUT2D eigenvalue weighted by Crippen LogP contribution is 2.43. The molecule has 0 amide bonds. The molecule has 3 N–H and O–H groups in total. The molecule has 0 saturated heterocycles. The van der Waals surface area contributed by atoms with Gasteiger partial charge in [0.25, 0.3) is 0 Å². The van der Waals surface area contributed by atoms with Crippen LogP contribution in [-0.4, -0.2) is 16.8 Å². The van der Waals surface area contributed by atoms with Crippen molar-refractivity contribution in [3.05, 3.63) is 35.4 Å². The Morgan fingerprint density at radius 2 is 1.69 bits per heavy atom. The molecule has 4 nitrogen and oxygen atoms in total. The predicted molar refractivity (Wildman–Crippen MR) is 111 cm³/mol. The lowest BCUT2D eigenvalue weighted by Crippen LogP contribution is -2.48. The minimum Gasteiger partial charge on any atom is -0.376 e. The Labute approximate surface area is 163 Å². The quantitative estimate of drug-likeness (QED) is 0.592. The Morgan fingerprint density at radius 3 is 2.15 bits per heavy atom. The third-order valence-electron chi connectivity index (χ3n) is 5.30. The van der Waals surface area contributed by atoms with Gasteiger partial charge in [0.05, 0.1) is 0 Å². The maximum Gasteiger partial charge on any atom is 0.373 e. The summed E-state index contributed by atoms with van der Waals surface area (Å²) in [5, 5.41) is 3.76. The molecule has 1 fully saturated rings. The summed E-state index contributed by atoms with van der Waals surface area (Å²) in [5.41, 5.74) is 8.89. The molecule has 0 aromatic heterocycles. The van der Waals surface area contributed by atoms with Crippen LogP contribution < -0.4 is 11.1 Å². The van der Waals surface area contributed by atoms with E-state index in [0.717, 1.165) is 12.8 Å². The van der Waals surface area contributed by atoms with Crippen LogP contribution in [0, 0.1) is 6.92 Å². The number of thiocarbonyl (C=S) groups is 1. The van der Waals surface area contributed by atoms with E-state index in [1.807, 2.05) is 13.8 Å². The molecule has 146 valence electrons. The van der Waals surface area contributed by atoms with Gasteiger partial charge in [0.15, 0.2) is 5.11 Å². The first-order chi connectivity index (χ1) is 12.3. The number of benzene rings is 1. The van der Waals surface area contributed by atoms with E-state index >= 15 is 0 Å². The van der Waals surface area contributed by atoms with E-state index in [9.17, 15) is 0 Å². The molecule has 0 spiro atoms. The second-order valence-electron chi connectivity index (χ2n) is 6.99. The summed E-state index contributed by atoms with van der Waals surface area (Å²) in [5.74, 6) is 0. The largest absolute Gasteiger partial charge is 0.376 e. The Hall–Kier alpha value is -1.71. The van der Waals surface area contributed by atoms with Gasteiger partial charge in [0, 0.05) is 5.54 Å². The molecule has 2 unspecified atom stereocenters. The third kappa shape index (κ3) is 7.27. The van der Waals surface area contributed by atoms with E-state index in [4.69, 9.17) is 27.5 Å². The van der Waals surface area contributed by atoms with E-state index in [0.29, 0.717) is 10.5 Å². The fourth-order valence-corrected chi connectivity index (χ4v) is 4.00. The fourth-order valence-electron chi connectivity index (χ4n) is 3.76. The Kier molecular flexibility index (Phi) is 11.0. The second kappa shape index (κ2) is 11.8. The van der Waals surface area contributed by atoms with Gasteiger partial charge in [0.1, 0.15) is 0 Å². The molecular formula is C21H34N2O2S. The highest BCUT2D eigenvalue weighted by Gasteiger charge is 2.37. The van der Waals surface area contributed by atoms with Gasteiger partial charge in [0.2, 0.25) is 0 Å². The summed E-state index contributed by atoms with van der Waals surface area (Å²) in [6.07, 6.45) is 7.36. The van der Waals surface area contributed by atoms with Crippen LogP contribution in [0.4, 0.5) is 0 Å². The number of nitrogens with one attached hydrogen (secondary N) is 1. The molecule has 26 heavy (non-hydrogen) atoms. The molecule has 1 saturated carbocycles. The first-order valence-corrected chi connectivity index (χ1v) is 9.86. The Balaban J connectivity index is 0.00000113. The van der Waals surface area contributed by atoms with Crippen LogP contribution in [0.5, 0.6) is 0 Å². The summed E-state index contributed by atoms with van der Waals surface area (Å²) in [6.45, 7) is 10.7. The summed E-state index contributed by atoms with van der Waals surface area (Å²) in [7, 11) is 0. The van der Waals surface area contributed by atoms with E-state index in [1.165, 1.54) is 36.8 Å². The number of hydrogen-bond acceptors (Lipinski definition) is 3. The van der Waals surface area contributed by atoms with Gasteiger partial charge in [-0.15, -0.1) is 0 Å². The number of nitrogens with two attached hydrogens (primary N) is 1. The topological polar surface area (TPSA) is 72.2 Å². The van der Waals surface area contributed by atoms with Crippen LogP contribution in [0.3, 0.4) is 0 Å².